The van der Waals surface area contributed by atoms with Gasteiger partial charge in [0.25, 0.3) is 0 Å². The highest BCUT2D eigenvalue weighted by atomic mass is 19.1. The molecule has 0 radical (unpaired) electrons. The number of carbonyl (C=O) groups is 2. The zero-order valence-corrected chi connectivity index (χ0v) is 20.7. The summed E-state index contributed by atoms with van der Waals surface area (Å²) in [5.41, 5.74) is -4.12. The molecule has 6 heteroatoms. The Morgan fingerprint density at radius 3 is 2.63 bits per heavy atom. The van der Waals surface area contributed by atoms with Gasteiger partial charge in [-0.15, -0.1) is 0 Å². The van der Waals surface area contributed by atoms with E-state index in [1.807, 2.05) is 50.3 Å². The van der Waals surface area contributed by atoms with E-state index in [-0.39, 0.29) is 37.8 Å². The van der Waals surface area contributed by atoms with Crippen LogP contribution in [0.3, 0.4) is 0 Å². The predicted octanol–water partition coefficient (Wildman–Crippen LogP) is 4.12. The number of benzene rings is 1. The standard InChI is InChI=1S/C29H35FO5/c1-18-13-23-22-10-9-20-14-21(31)11-12-26(20,2)28(22,30)24(32)15-27(23,3)29(18,34)25(33)17-35-16-19-7-5-4-6-8-19/h4-9,11-12,18,22-24,32,34H,10,13-17H2,1-3H3/t18-,22?,23?,24?,26?,27?,28?,29+/m1/s1. The van der Waals surface area contributed by atoms with Crippen LogP contribution in [0.4, 0.5) is 4.39 Å². The van der Waals surface area contributed by atoms with Gasteiger partial charge in [0.15, 0.2) is 17.2 Å². The minimum Gasteiger partial charge on any atom is -0.390 e. The van der Waals surface area contributed by atoms with Crippen molar-refractivity contribution in [1.29, 1.82) is 0 Å². The summed E-state index contributed by atoms with van der Waals surface area (Å²) in [6, 6.07) is 9.51. The third kappa shape index (κ3) is 3.22. The number of alkyl halides is 1. The quantitative estimate of drug-likeness (QED) is 0.617. The van der Waals surface area contributed by atoms with Crippen molar-refractivity contribution >= 4 is 11.6 Å². The number of aliphatic hydroxyl groups is 2. The van der Waals surface area contributed by atoms with Crippen molar-refractivity contribution in [1.82, 2.24) is 0 Å². The first-order valence-corrected chi connectivity index (χ1v) is 12.6. The lowest BCUT2D eigenvalue weighted by atomic mass is 9.45. The number of ether oxygens (including phenoxy) is 1. The molecule has 0 aromatic heterocycles. The van der Waals surface area contributed by atoms with Crippen LogP contribution in [-0.4, -0.2) is 45.8 Å². The summed E-state index contributed by atoms with van der Waals surface area (Å²) in [6.45, 7) is 5.46. The zero-order chi connectivity index (χ0) is 25.2. The first kappa shape index (κ1) is 24.5. The number of rotatable bonds is 5. The molecule has 8 atom stereocenters. The SMILES string of the molecule is C[C@@H]1CC2C3CC=C4CC(=O)C=CC4(C)C3(F)C(O)CC2(C)[C@@]1(O)C(=O)COCc1ccccc1. The van der Waals surface area contributed by atoms with Crippen LogP contribution in [0, 0.1) is 28.6 Å². The molecule has 6 unspecified atom stereocenters. The monoisotopic (exact) mass is 482 g/mol. The van der Waals surface area contributed by atoms with Crippen molar-refractivity contribution in [3.63, 3.8) is 0 Å². The van der Waals surface area contributed by atoms with E-state index in [1.54, 1.807) is 13.0 Å². The van der Waals surface area contributed by atoms with Crippen LogP contribution in [0.15, 0.2) is 54.1 Å². The van der Waals surface area contributed by atoms with Crippen LogP contribution >= 0.6 is 0 Å². The van der Waals surface area contributed by atoms with Gasteiger partial charge in [-0.2, -0.15) is 0 Å². The Bertz CT molecular complexity index is 1100. The second-order valence-corrected chi connectivity index (χ2v) is 11.6. The van der Waals surface area contributed by atoms with Gasteiger partial charge in [0, 0.05) is 23.2 Å². The third-order valence-electron chi connectivity index (χ3n) is 9.96. The summed E-state index contributed by atoms with van der Waals surface area (Å²) in [6.07, 6.45) is 4.63. The summed E-state index contributed by atoms with van der Waals surface area (Å²) in [4.78, 5) is 25.5. The molecule has 4 aliphatic rings. The average Bonchev–Trinajstić information content (AvgIpc) is 3.02. The van der Waals surface area contributed by atoms with Crippen LogP contribution < -0.4 is 0 Å². The Hall–Kier alpha value is -2.15. The van der Waals surface area contributed by atoms with Gasteiger partial charge in [-0.1, -0.05) is 61.9 Å². The minimum atomic E-state index is -1.98. The lowest BCUT2D eigenvalue weighted by molar-refractivity contribution is -0.215. The second-order valence-electron chi connectivity index (χ2n) is 11.6. The summed E-state index contributed by atoms with van der Waals surface area (Å²) >= 11 is 0. The highest BCUT2D eigenvalue weighted by Gasteiger charge is 2.75. The van der Waals surface area contributed by atoms with E-state index in [4.69, 9.17) is 4.74 Å². The molecule has 2 N–H and O–H groups in total. The van der Waals surface area contributed by atoms with Gasteiger partial charge in [0.1, 0.15) is 12.2 Å². The van der Waals surface area contributed by atoms with Crippen molar-refractivity contribution in [2.24, 2.45) is 28.6 Å². The van der Waals surface area contributed by atoms with Crippen molar-refractivity contribution in [3.05, 3.63) is 59.7 Å². The Morgan fingerprint density at radius 2 is 1.91 bits per heavy atom. The molecule has 4 aliphatic carbocycles. The number of carbonyl (C=O) groups excluding carboxylic acids is 2. The fourth-order valence-electron chi connectivity index (χ4n) is 7.99. The molecule has 5 nitrogen and oxygen atoms in total. The fraction of sp³-hybridized carbons (Fsp3) is 0.586. The van der Waals surface area contributed by atoms with Crippen LogP contribution in [0.2, 0.25) is 0 Å². The van der Waals surface area contributed by atoms with E-state index in [2.05, 4.69) is 0 Å². The van der Waals surface area contributed by atoms with Crippen molar-refractivity contribution in [3.8, 4) is 0 Å². The average molecular weight is 483 g/mol. The molecule has 0 aliphatic heterocycles. The number of fused-ring (bicyclic) bond motifs is 5. The molecular weight excluding hydrogens is 447 g/mol. The van der Waals surface area contributed by atoms with Crippen LogP contribution in [0.5, 0.6) is 0 Å². The Balaban J connectivity index is 1.44. The smallest absolute Gasteiger partial charge is 0.190 e. The van der Waals surface area contributed by atoms with Crippen molar-refractivity contribution < 1.29 is 28.9 Å². The molecule has 2 saturated carbocycles. The number of hydrogen-bond acceptors (Lipinski definition) is 5. The fourth-order valence-corrected chi connectivity index (χ4v) is 7.99. The molecule has 35 heavy (non-hydrogen) atoms. The maximum Gasteiger partial charge on any atom is 0.190 e. The predicted molar refractivity (Wildman–Crippen MR) is 129 cm³/mol. The molecule has 5 rings (SSSR count). The van der Waals surface area contributed by atoms with E-state index >= 15 is 4.39 Å². The topological polar surface area (TPSA) is 83.8 Å². The summed E-state index contributed by atoms with van der Waals surface area (Å²) < 4.78 is 22.9. The molecule has 0 heterocycles. The van der Waals surface area contributed by atoms with Crippen molar-refractivity contribution in [2.75, 3.05) is 6.61 Å². The van der Waals surface area contributed by atoms with Gasteiger partial charge in [0.2, 0.25) is 0 Å². The van der Waals surface area contributed by atoms with Crippen molar-refractivity contribution in [2.45, 2.75) is 70.4 Å². The van der Waals surface area contributed by atoms with E-state index in [0.717, 1.165) is 11.1 Å². The number of halogens is 1. The van der Waals surface area contributed by atoms with Gasteiger partial charge in [-0.05, 0) is 49.7 Å². The lowest BCUT2D eigenvalue weighted by Crippen LogP contribution is -2.69. The highest BCUT2D eigenvalue weighted by Crippen LogP contribution is 2.70. The Kier molecular flexibility index (Phi) is 5.74. The van der Waals surface area contributed by atoms with E-state index in [1.165, 1.54) is 6.08 Å². The van der Waals surface area contributed by atoms with Crippen LogP contribution in [0.25, 0.3) is 0 Å². The molecule has 0 saturated heterocycles. The third-order valence-corrected chi connectivity index (χ3v) is 9.96. The summed E-state index contributed by atoms with van der Waals surface area (Å²) in [5, 5.41) is 23.4. The molecular formula is C29H35FO5. The molecule has 0 spiro atoms. The largest absolute Gasteiger partial charge is 0.390 e. The molecule has 0 bridgehead atoms. The maximum atomic E-state index is 17.2. The highest BCUT2D eigenvalue weighted by molar-refractivity contribution is 5.93. The number of ketones is 2. The van der Waals surface area contributed by atoms with Gasteiger partial charge < -0.3 is 14.9 Å². The first-order valence-electron chi connectivity index (χ1n) is 12.6. The van der Waals surface area contributed by atoms with Crippen LogP contribution in [0.1, 0.15) is 52.0 Å². The molecule has 2 fully saturated rings. The van der Waals surface area contributed by atoms with E-state index < -0.39 is 45.8 Å². The Labute approximate surface area is 206 Å². The number of Topliss-reactive ketones (excluding diaryl/α,β-unsaturated/α-hetero) is 1. The number of hydrogen-bond donors (Lipinski definition) is 2. The zero-order valence-electron chi connectivity index (χ0n) is 20.7. The Morgan fingerprint density at radius 1 is 1.20 bits per heavy atom. The van der Waals surface area contributed by atoms with Gasteiger partial charge in [0.05, 0.1) is 12.7 Å². The lowest BCUT2D eigenvalue weighted by Gasteiger charge is -2.62. The molecule has 188 valence electrons. The molecule has 0 amide bonds. The molecule has 1 aromatic carbocycles. The maximum absolute atomic E-state index is 17.2. The number of allylic oxidation sites excluding steroid dienone is 4. The van der Waals surface area contributed by atoms with Gasteiger partial charge in [-0.3, -0.25) is 9.59 Å². The first-order chi connectivity index (χ1) is 16.5. The normalized spacial score (nSPS) is 44.3. The van der Waals surface area contributed by atoms with Gasteiger partial charge in [-0.25, -0.2) is 4.39 Å². The van der Waals surface area contributed by atoms with E-state index in [0.29, 0.717) is 12.8 Å². The second kappa shape index (κ2) is 8.19. The summed E-state index contributed by atoms with van der Waals surface area (Å²) in [5.74, 6) is -1.74. The summed E-state index contributed by atoms with van der Waals surface area (Å²) in [7, 11) is 0. The molecule has 1 aromatic rings. The van der Waals surface area contributed by atoms with Gasteiger partial charge >= 0.3 is 0 Å². The van der Waals surface area contributed by atoms with Crippen LogP contribution in [-0.2, 0) is 20.9 Å². The van der Waals surface area contributed by atoms with E-state index in [9.17, 15) is 19.8 Å². The number of aliphatic hydroxyl groups excluding tert-OH is 1. The minimum absolute atomic E-state index is 0.0272.